The monoisotopic (exact) mass is 296 g/mol. The molecule has 1 aliphatic rings. The van der Waals surface area contributed by atoms with Crippen molar-refractivity contribution >= 4 is 11.8 Å². The number of nitrogens with one attached hydrogen (secondary N) is 2. The molecular formula is C17H32N2O2. The molecule has 122 valence electrons. The third-order valence-corrected chi connectivity index (χ3v) is 4.61. The lowest BCUT2D eigenvalue weighted by Gasteiger charge is -2.21. The maximum atomic E-state index is 11.8. The molecule has 2 N–H and O–H groups in total. The summed E-state index contributed by atoms with van der Waals surface area (Å²) in [6.45, 7) is 5.13. The first-order chi connectivity index (χ1) is 10.2. The molecule has 0 heterocycles. The van der Waals surface area contributed by atoms with Gasteiger partial charge in [0.2, 0.25) is 11.8 Å². The van der Waals surface area contributed by atoms with Crippen molar-refractivity contribution in [3.05, 3.63) is 0 Å². The van der Waals surface area contributed by atoms with E-state index in [-0.39, 0.29) is 17.7 Å². The summed E-state index contributed by atoms with van der Waals surface area (Å²) in [4.78, 5) is 23.5. The standard InChI is InChI=1S/C17H32N2O2/c1-3-15(4-2)17(21)19-13-12-18-16(20)11-10-14-8-6-5-7-9-14/h14-15H,3-13H2,1-2H3,(H,18,20)(H,19,21). The van der Waals surface area contributed by atoms with E-state index in [9.17, 15) is 9.59 Å². The molecule has 0 atom stereocenters. The maximum absolute atomic E-state index is 11.8. The lowest BCUT2D eigenvalue weighted by Crippen LogP contribution is -2.37. The highest BCUT2D eigenvalue weighted by molar-refractivity contribution is 5.78. The van der Waals surface area contributed by atoms with Gasteiger partial charge in [-0.2, -0.15) is 0 Å². The Balaban J connectivity index is 2.03. The minimum atomic E-state index is 0.104. The number of hydrogen-bond donors (Lipinski definition) is 2. The Morgan fingerprint density at radius 2 is 1.62 bits per heavy atom. The van der Waals surface area contributed by atoms with E-state index < -0.39 is 0 Å². The van der Waals surface area contributed by atoms with Crippen molar-refractivity contribution in [3.63, 3.8) is 0 Å². The van der Waals surface area contributed by atoms with E-state index in [1.54, 1.807) is 0 Å². The van der Waals surface area contributed by atoms with Crippen molar-refractivity contribution in [3.8, 4) is 0 Å². The molecule has 1 rings (SSSR count). The quantitative estimate of drug-likeness (QED) is 0.643. The van der Waals surface area contributed by atoms with E-state index in [0.29, 0.717) is 19.5 Å². The van der Waals surface area contributed by atoms with Crippen LogP contribution in [0, 0.1) is 11.8 Å². The molecular weight excluding hydrogens is 264 g/mol. The molecule has 21 heavy (non-hydrogen) atoms. The van der Waals surface area contributed by atoms with Crippen molar-refractivity contribution in [1.82, 2.24) is 10.6 Å². The summed E-state index contributed by atoms with van der Waals surface area (Å²) in [6.07, 6.45) is 9.99. The van der Waals surface area contributed by atoms with Gasteiger partial charge in [0.1, 0.15) is 0 Å². The minimum Gasteiger partial charge on any atom is -0.354 e. The van der Waals surface area contributed by atoms with Crippen LogP contribution in [-0.2, 0) is 9.59 Å². The first-order valence-corrected chi connectivity index (χ1v) is 8.71. The molecule has 0 aliphatic heterocycles. The van der Waals surface area contributed by atoms with Crippen LogP contribution in [0.1, 0.15) is 71.6 Å². The Morgan fingerprint density at radius 1 is 1.00 bits per heavy atom. The molecule has 4 heteroatoms. The molecule has 0 radical (unpaired) electrons. The first kappa shape index (κ1) is 18.0. The molecule has 0 aromatic rings. The second-order valence-corrected chi connectivity index (χ2v) is 6.20. The third kappa shape index (κ3) is 7.49. The van der Waals surface area contributed by atoms with Gasteiger partial charge in [0.25, 0.3) is 0 Å². The van der Waals surface area contributed by atoms with Gasteiger partial charge in [-0.25, -0.2) is 0 Å². The summed E-state index contributed by atoms with van der Waals surface area (Å²) in [5.41, 5.74) is 0. The summed E-state index contributed by atoms with van der Waals surface area (Å²) in [6, 6.07) is 0. The molecule has 2 amide bonds. The predicted molar refractivity (Wildman–Crippen MR) is 85.9 cm³/mol. The fourth-order valence-corrected chi connectivity index (χ4v) is 3.09. The van der Waals surface area contributed by atoms with E-state index >= 15 is 0 Å². The second kappa shape index (κ2) is 10.6. The largest absolute Gasteiger partial charge is 0.354 e. The zero-order valence-corrected chi connectivity index (χ0v) is 13.7. The highest BCUT2D eigenvalue weighted by atomic mass is 16.2. The van der Waals surface area contributed by atoms with E-state index in [4.69, 9.17) is 0 Å². The average molecular weight is 296 g/mol. The first-order valence-electron chi connectivity index (χ1n) is 8.71. The zero-order chi connectivity index (χ0) is 15.5. The van der Waals surface area contributed by atoms with Crippen molar-refractivity contribution in [1.29, 1.82) is 0 Å². The molecule has 0 saturated heterocycles. The van der Waals surface area contributed by atoms with Gasteiger partial charge in [-0.05, 0) is 25.2 Å². The zero-order valence-electron chi connectivity index (χ0n) is 13.7. The van der Waals surface area contributed by atoms with Gasteiger partial charge in [0.15, 0.2) is 0 Å². The Morgan fingerprint density at radius 3 is 2.24 bits per heavy atom. The van der Waals surface area contributed by atoms with E-state index in [2.05, 4.69) is 10.6 Å². The lowest BCUT2D eigenvalue weighted by atomic mass is 9.86. The fraction of sp³-hybridized carbons (Fsp3) is 0.882. The normalized spacial score (nSPS) is 16.0. The summed E-state index contributed by atoms with van der Waals surface area (Å²) in [7, 11) is 0. The predicted octanol–water partition coefficient (Wildman–Crippen LogP) is 3.02. The van der Waals surface area contributed by atoms with Crippen LogP contribution in [0.3, 0.4) is 0 Å². The highest BCUT2D eigenvalue weighted by Gasteiger charge is 2.15. The molecule has 4 nitrogen and oxygen atoms in total. The van der Waals surface area contributed by atoms with Crippen LogP contribution in [0.25, 0.3) is 0 Å². The number of carbonyl (C=O) groups excluding carboxylic acids is 2. The fourth-order valence-electron chi connectivity index (χ4n) is 3.09. The smallest absolute Gasteiger partial charge is 0.223 e. The summed E-state index contributed by atoms with van der Waals surface area (Å²) in [5.74, 6) is 1.08. The van der Waals surface area contributed by atoms with Gasteiger partial charge in [-0.3, -0.25) is 9.59 Å². The lowest BCUT2D eigenvalue weighted by molar-refractivity contribution is -0.125. The molecule has 1 fully saturated rings. The number of amides is 2. The van der Waals surface area contributed by atoms with E-state index in [1.165, 1.54) is 32.1 Å². The second-order valence-electron chi connectivity index (χ2n) is 6.20. The topological polar surface area (TPSA) is 58.2 Å². The number of hydrogen-bond acceptors (Lipinski definition) is 2. The summed E-state index contributed by atoms with van der Waals surface area (Å²) in [5, 5.41) is 5.79. The Kier molecular flexibility index (Phi) is 9.11. The van der Waals surface area contributed by atoms with Crippen LogP contribution in [0.4, 0.5) is 0 Å². The van der Waals surface area contributed by atoms with Gasteiger partial charge in [-0.1, -0.05) is 46.0 Å². The van der Waals surface area contributed by atoms with Crippen molar-refractivity contribution in [2.45, 2.75) is 71.6 Å². The minimum absolute atomic E-state index is 0.104. The van der Waals surface area contributed by atoms with E-state index in [0.717, 1.165) is 25.2 Å². The Labute approximate surface area is 129 Å². The average Bonchev–Trinajstić information content (AvgIpc) is 2.52. The summed E-state index contributed by atoms with van der Waals surface area (Å²) >= 11 is 0. The van der Waals surface area contributed by atoms with E-state index in [1.807, 2.05) is 13.8 Å². The van der Waals surface area contributed by atoms with Crippen LogP contribution in [0.15, 0.2) is 0 Å². The SMILES string of the molecule is CCC(CC)C(=O)NCCNC(=O)CCC1CCCCC1. The van der Waals surface area contributed by atoms with Crippen LogP contribution in [0.5, 0.6) is 0 Å². The van der Waals surface area contributed by atoms with Crippen molar-refractivity contribution < 1.29 is 9.59 Å². The van der Waals surface area contributed by atoms with Gasteiger partial charge >= 0.3 is 0 Å². The van der Waals surface area contributed by atoms with Gasteiger partial charge in [0.05, 0.1) is 0 Å². The Hall–Kier alpha value is -1.06. The van der Waals surface area contributed by atoms with Crippen LogP contribution in [0.2, 0.25) is 0 Å². The van der Waals surface area contributed by atoms with Crippen LogP contribution < -0.4 is 10.6 Å². The van der Waals surface area contributed by atoms with Crippen molar-refractivity contribution in [2.24, 2.45) is 11.8 Å². The van der Waals surface area contributed by atoms with Gasteiger partial charge < -0.3 is 10.6 Å². The molecule has 1 saturated carbocycles. The molecule has 0 bridgehead atoms. The maximum Gasteiger partial charge on any atom is 0.223 e. The molecule has 0 aromatic carbocycles. The number of carbonyl (C=O) groups is 2. The molecule has 1 aliphatic carbocycles. The third-order valence-electron chi connectivity index (χ3n) is 4.61. The molecule has 0 aromatic heterocycles. The highest BCUT2D eigenvalue weighted by Crippen LogP contribution is 2.27. The summed E-state index contributed by atoms with van der Waals surface area (Å²) < 4.78 is 0. The van der Waals surface area contributed by atoms with Crippen LogP contribution in [-0.4, -0.2) is 24.9 Å². The molecule has 0 unspecified atom stereocenters. The van der Waals surface area contributed by atoms with Crippen LogP contribution >= 0.6 is 0 Å². The van der Waals surface area contributed by atoms with Gasteiger partial charge in [0, 0.05) is 25.4 Å². The Bertz CT molecular complexity index is 308. The molecule has 0 spiro atoms. The number of rotatable bonds is 9. The van der Waals surface area contributed by atoms with Crippen molar-refractivity contribution in [2.75, 3.05) is 13.1 Å². The van der Waals surface area contributed by atoms with Gasteiger partial charge in [-0.15, -0.1) is 0 Å².